The first-order chi connectivity index (χ1) is 17.6. The molecule has 0 aliphatic carbocycles. The molecule has 186 valence electrons. The molecule has 0 radical (unpaired) electrons. The van der Waals surface area contributed by atoms with Crippen LogP contribution in [0.5, 0.6) is 5.75 Å². The first-order valence-electron chi connectivity index (χ1n) is 12.4. The van der Waals surface area contributed by atoms with Crippen LogP contribution in [0.15, 0.2) is 84.9 Å². The molecule has 7 nitrogen and oxygen atoms in total. The van der Waals surface area contributed by atoms with Gasteiger partial charge < -0.3 is 15.0 Å². The molecule has 2 saturated heterocycles. The summed E-state index contributed by atoms with van der Waals surface area (Å²) in [4.78, 5) is 32.9. The second kappa shape index (κ2) is 10.4. The molecule has 2 heterocycles. The van der Waals surface area contributed by atoms with Crippen molar-refractivity contribution >= 4 is 17.6 Å². The molecular formula is C29H32N4O3. The van der Waals surface area contributed by atoms with Crippen molar-refractivity contribution in [1.82, 2.24) is 15.1 Å². The van der Waals surface area contributed by atoms with E-state index in [2.05, 4.69) is 21.2 Å². The number of nitrogens with one attached hydrogen (secondary N) is 1. The number of rotatable bonds is 8. The molecule has 0 bridgehead atoms. The zero-order valence-corrected chi connectivity index (χ0v) is 20.6. The minimum Gasteiger partial charge on any atom is -0.497 e. The largest absolute Gasteiger partial charge is 0.497 e. The molecule has 0 unspecified atom stereocenters. The fourth-order valence-corrected chi connectivity index (χ4v) is 5.15. The van der Waals surface area contributed by atoms with Crippen molar-refractivity contribution in [1.29, 1.82) is 0 Å². The van der Waals surface area contributed by atoms with Gasteiger partial charge in [-0.25, -0.2) is 9.69 Å². The van der Waals surface area contributed by atoms with Crippen LogP contribution >= 0.6 is 0 Å². The second-order valence-corrected chi connectivity index (χ2v) is 9.52. The van der Waals surface area contributed by atoms with Gasteiger partial charge in [-0.05, 0) is 23.3 Å². The van der Waals surface area contributed by atoms with Gasteiger partial charge in [-0.2, -0.15) is 0 Å². The van der Waals surface area contributed by atoms with Crippen LogP contribution in [0.2, 0.25) is 0 Å². The van der Waals surface area contributed by atoms with Crippen molar-refractivity contribution < 1.29 is 14.3 Å². The van der Waals surface area contributed by atoms with E-state index in [-0.39, 0.29) is 11.9 Å². The molecule has 5 rings (SSSR count). The third-order valence-corrected chi connectivity index (χ3v) is 7.08. The van der Waals surface area contributed by atoms with Crippen molar-refractivity contribution in [2.75, 3.05) is 44.9 Å². The molecule has 7 heteroatoms. The van der Waals surface area contributed by atoms with Crippen molar-refractivity contribution in [3.63, 3.8) is 0 Å². The minimum absolute atomic E-state index is 0.157. The molecule has 1 N–H and O–H groups in total. The Morgan fingerprint density at radius 2 is 1.42 bits per heavy atom. The molecule has 0 atom stereocenters. The summed E-state index contributed by atoms with van der Waals surface area (Å²) in [6, 6.07) is 27.5. The summed E-state index contributed by atoms with van der Waals surface area (Å²) in [6.45, 7) is 3.45. The van der Waals surface area contributed by atoms with Crippen molar-refractivity contribution in [3.05, 3.63) is 96.1 Å². The van der Waals surface area contributed by atoms with Gasteiger partial charge in [0.05, 0.1) is 13.8 Å². The number of anilines is 1. The highest BCUT2D eigenvalue weighted by Gasteiger charge is 2.51. The molecule has 0 spiro atoms. The molecule has 3 aromatic rings. The van der Waals surface area contributed by atoms with Crippen LogP contribution in [0.1, 0.15) is 11.1 Å². The summed E-state index contributed by atoms with van der Waals surface area (Å²) in [6.07, 6.45) is 0.904. The zero-order valence-electron chi connectivity index (χ0n) is 20.6. The number of methoxy groups -OCH3 is 1. The lowest BCUT2D eigenvalue weighted by molar-refractivity contribution is -0.132. The van der Waals surface area contributed by atoms with Gasteiger partial charge in [0, 0.05) is 50.8 Å². The average molecular weight is 485 g/mol. The standard InChI is InChI=1S/C29H32N4O3/c1-36-26-14-8-13-25(19-26)32-17-15-31(16-18-32)22-33-27(34)29(30-28(33)35,20-23-9-4-2-5-10-23)21-24-11-6-3-7-12-24/h2-14,19H,15-18,20-22H2,1H3,(H,30,35). The number of carbonyl (C=O) groups excluding carboxylic acids is 2. The molecule has 2 aliphatic rings. The summed E-state index contributed by atoms with van der Waals surface area (Å²) in [7, 11) is 1.67. The number of carbonyl (C=O) groups is 2. The van der Waals surface area contributed by atoms with E-state index in [1.165, 1.54) is 4.90 Å². The third-order valence-electron chi connectivity index (χ3n) is 7.08. The Balaban J connectivity index is 1.29. The zero-order chi connectivity index (χ0) is 25.0. The maximum atomic E-state index is 13.9. The molecule has 2 aliphatic heterocycles. The third kappa shape index (κ3) is 5.06. The Kier molecular flexibility index (Phi) is 6.91. The molecule has 36 heavy (non-hydrogen) atoms. The van der Waals surface area contributed by atoms with Crippen LogP contribution in [0.3, 0.4) is 0 Å². The molecular weight excluding hydrogens is 452 g/mol. The van der Waals surface area contributed by atoms with Gasteiger partial charge in [-0.3, -0.25) is 9.69 Å². The van der Waals surface area contributed by atoms with Crippen molar-refractivity contribution in [3.8, 4) is 5.75 Å². The Bertz CT molecular complexity index is 1150. The van der Waals surface area contributed by atoms with Crippen LogP contribution in [0, 0.1) is 0 Å². The summed E-state index contributed by atoms with van der Waals surface area (Å²) in [5.74, 6) is 0.679. The highest BCUT2D eigenvalue weighted by Crippen LogP contribution is 2.28. The van der Waals surface area contributed by atoms with E-state index in [0.29, 0.717) is 19.5 Å². The lowest BCUT2D eigenvalue weighted by Crippen LogP contribution is -2.53. The number of hydrogen-bond donors (Lipinski definition) is 1. The number of benzene rings is 3. The van der Waals surface area contributed by atoms with Gasteiger partial charge in [0.15, 0.2) is 0 Å². The molecule has 0 aromatic heterocycles. The normalized spacial score (nSPS) is 17.8. The lowest BCUT2D eigenvalue weighted by atomic mass is 9.84. The molecule has 2 fully saturated rings. The maximum Gasteiger partial charge on any atom is 0.326 e. The van der Waals surface area contributed by atoms with E-state index in [1.54, 1.807) is 7.11 Å². The summed E-state index contributed by atoms with van der Waals surface area (Å²) in [5, 5.41) is 3.09. The Morgan fingerprint density at radius 1 is 0.806 bits per heavy atom. The van der Waals surface area contributed by atoms with Crippen molar-refractivity contribution in [2.45, 2.75) is 18.4 Å². The number of imide groups is 1. The van der Waals surface area contributed by atoms with Crippen LogP contribution in [0.4, 0.5) is 10.5 Å². The first-order valence-corrected chi connectivity index (χ1v) is 12.4. The number of urea groups is 1. The Hall–Kier alpha value is -3.84. The van der Waals surface area contributed by atoms with E-state index >= 15 is 0 Å². The summed E-state index contributed by atoms with van der Waals surface area (Å²) in [5.41, 5.74) is 2.17. The number of amides is 3. The van der Waals surface area contributed by atoms with Gasteiger partial charge in [0.25, 0.3) is 5.91 Å². The highest BCUT2D eigenvalue weighted by atomic mass is 16.5. The van der Waals surface area contributed by atoms with E-state index < -0.39 is 5.54 Å². The van der Waals surface area contributed by atoms with Gasteiger partial charge >= 0.3 is 6.03 Å². The average Bonchev–Trinajstić information content (AvgIpc) is 3.14. The fourth-order valence-electron chi connectivity index (χ4n) is 5.15. The second-order valence-electron chi connectivity index (χ2n) is 9.52. The maximum absolute atomic E-state index is 13.9. The van der Waals surface area contributed by atoms with Crippen LogP contribution in [-0.2, 0) is 17.6 Å². The van der Waals surface area contributed by atoms with Crippen LogP contribution in [0.25, 0.3) is 0 Å². The van der Waals surface area contributed by atoms with Crippen molar-refractivity contribution in [2.24, 2.45) is 0 Å². The fraction of sp³-hybridized carbons (Fsp3) is 0.310. The summed E-state index contributed by atoms with van der Waals surface area (Å²) < 4.78 is 5.36. The van der Waals surface area contributed by atoms with E-state index in [0.717, 1.165) is 48.7 Å². The predicted molar refractivity (Wildman–Crippen MR) is 140 cm³/mol. The van der Waals surface area contributed by atoms with Crippen LogP contribution < -0.4 is 15.0 Å². The van der Waals surface area contributed by atoms with Crippen LogP contribution in [-0.4, -0.2) is 67.2 Å². The quantitative estimate of drug-likeness (QED) is 0.496. The number of nitrogens with zero attached hydrogens (tertiary/aromatic N) is 3. The molecule has 3 aromatic carbocycles. The number of piperazine rings is 1. The topological polar surface area (TPSA) is 65.1 Å². The molecule has 0 saturated carbocycles. The predicted octanol–water partition coefficient (Wildman–Crippen LogP) is 3.55. The van der Waals surface area contributed by atoms with E-state index in [4.69, 9.17) is 4.74 Å². The lowest BCUT2D eigenvalue weighted by Gasteiger charge is -2.37. The summed E-state index contributed by atoms with van der Waals surface area (Å²) >= 11 is 0. The Morgan fingerprint density at radius 3 is 2.00 bits per heavy atom. The number of ether oxygens (including phenoxy) is 1. The van der Waals surface area contributed by atoms with Gasteiger partial charge in [0.1, 0.15) is 11.3 Å². The number of hydrogen-bond acceptors (Lipinski definition) is 5. The SMILES string of the molecule is COc1cccc(N2CCN(CN3C(=O)NC(Cc4ccccc4)(Cc4ccccc4)C3=O)CC2)c1. The van der Waals surface area contributed by atoms with E-state index in [9.17, 15) is 9.59 Å². The first kappa shape index (κ1) is 23.9. The monoisotopic (exact) mass is 484 g/mol. The van der Waals surface area contributed by atoms with E-state index in [1.807, 2.05) is 78.9 Å². The minimum atomic E-state index is -0.998. The smallest absolute Gasteiger partial charge is 0.326 e. The highest BCUT2D eigenvalue weighted by molar-refractivity contribution is 6.07. The molecule has 3 amide bonds. The van der Waals surface area contributed by atoms with Gasteiger partial charge in [-0.1, -0.05) is 66.7 Å². The Labute approximate surface area is 212 Å². The van der Waals surface area contributed by atoms with Gasteiger partial charge in [0.2, 0.25) is 0 Å². The van der Waals surface area contributed by atoms with Gasteiger partial charge in [-0.15, -0.1) is 0 Å².